The molecule has 2 N–H and O–H groups in total. The molecule has 3 nitrogen and oxygen atoms in total. The first-order valence-electron chi connectivity index (χ1n) is 7.19. The van der Waals surface area contributed by atoms with Crippen molar-refractivity contribution in [2.75, 3.05) is 19.8 Å². The quantitative estimate of drug-likeness (QED) is 0.675. The molecular weight excluding hydrogens is 238 g/mol. The van der Waals surface area contributed by atoms with E-state index in [0.29, 0.717) is 13.2 Å². The number of unbranched alkanes of at least 4 members (excludes halogenated alkanes) is 1. The molecule has 0 radical (unpaired) electrons. The normalized spacial score (nSPS) is 14.3. The Kier molecular flexibility index (Phi) is 7.72. The highest BCUT2D eigenvalue weighted by molar-refractivity contribution is 5.23. The molecule has 0 saturated heterocycles. The molecule has 108 valence electrons. The number of nitrogens with one attached hydrogen (secondary N) is 1. The minimum Gasteiger partial charge on any atom is -0.389 e. The molecule has 2 unspecified atom stereocenters. The average Bonchev–Trinajstić information content (AvgIpc) is 2.42. The van der Waals surface area contributed by atoms with Crippen LogP contribution in [0.2, 0.25) is 0 Å². The van der Waals surface area contributed by atoms with E-state index in [-0.39, 0.29) is 6.04 Å². The van der Waals surface area contributed by atoms with Gasteiger partial charge in [0.25, 0.3) is 0 Å². The topological polar surface area (TPSA) is 41.5 Å². The molecule has 1 rings (SSSR count). The molecule has 0 aliphatic rings. The summed E-state index contributed by atoms with van der Waals surface area (Å²) < 4.78 is 5.40. The molecule has 0 aromatic heterocycles. The molecule has 0 aliphatic heterocycles. The highest BCUT2D eigenvalue weighted by Crippen LogP contribution is 2.12. The smallest absolute Gasteiger partial charge is 0.0897 e. The molecule has 0 saturated carbocycles. The highest BCUT2D eigenvalue weighted by Gasteiger charge is 2.08. The molecule has 0 amide bonds. The van der Waals surface area contributed by atoms with Crippen LogP contribution in [0, 0.1) is 6.92 Å². The van der Waals surface area contributed by atoms with E-state index in [2.05, 4.69) is 50.4 Å². The van der Waals surface area contributed by atoms with E-state index in [1.165, 1.54) is 11.1 Å². The summed E-state index contributed by atoms with van der Waals surface area (Å²) in [6.45, 7) is 8.02. The van der Waals surface area contributed by atoms with Gasteiger partial charge in [-0.05, 0) is 25.8 Å². The fourth-order valence-electron chi connectivity index (χ4n) is 1.81. The molecule has 0 spiro atoms. The largest absolute Gasteiger partial charge is 0.389 e. The van der Waals surface area contributed by atoms with Crippen LogP contribution in [0.25, 0.3) is 0 Å². The maximum absolute atomic E-state index is 9.80. The van der Waals surface area contributed by atoms with Crippen LogP contribution in [-0.4, -0.2) is 31.0 Å². The van der Waals surface area contributed by atoms with Gasteiger partial charge in [0.05, 0.1) is 12.7 Å². The number of rotatable bonds is 9. The van der Waals surface area contributed by atoms with Crippen molar-refractivity contribution in [2.45, 2.75) is 45.8 Å². The monoisotopic (exact) mass is 265 g/mol. The van der Waals surface area contributed by atoms with Gasteiger partial charge >= 0.3 is 0 Å². The first kappa shape index (κ1) is 16.2. The summed E-state index contributed by atoms with van der Waals surface area (Å²) in [6, 6.07) is 8.70. The number of aryl methyl sites for hydroxylation is 1. The first-order chi connectivity index (χ1) is 9.13. The van der Waals surface area contributed by atoms with Gasteiger partial charge < -0.3 is 15.2 Å². The van der Waals surface area contributed by atoms with Crippen LogP contribution in [0.1, 0.15) is 43.9 Å². The molecule has 2 atom stereocenters. The molecule has 1 aromatic rings. The molecule has 3 heteroatoms. The van der Waals surface area contributed by atoms with Gasteiger partial charge in [-0.1, -0.05) is 43.2 Å². The Morgan fingerprint density at radius 1 is 1.26 bits per heavy atom. The van der Waals surface area contributed by atoms with E-state index < -0.39 is 6.10 Å². The third-order valence-electron chi connectivity index (χ3n) is 3.19. The molecular formula is C16H27NO2. The Balaban J connectivity index is 2.22. The van der Waals surface area contributed by atoms with Gasteiger partial charge in [-0.2, -0.15) is 0 Å². The lowest BCUT2D eigenvalue weighted by Crippen LogP contribution is -2.32. The van der Waals surface area contributed by atoms with Crippen LogP contribution in [0.15, 0.2) is 24.3 Å². The van der Waals surface area contributed by atoms with Crippen LogP contribution in [0.5, 0.6) is 0 Å². The van der Waals surface area contributed by atoms with Crippen molar-refractivity contribution in [1.29, 1.82) is 0 Å². The number of ether oxygens (including phenoxy) is 1. The van der Waals surface area contributed by atoms with E-state index in [4.69, 9.17) is 4.74 Å². The number of benzene rings is 1. The first-order valence-corrected chi connectivity index (χ1v) is 7.19. The fraction of sp³-hybridized carbons (Fsp3) is 0.625. The summed E-state index contributed by atoms with van der Waals surface area (Å²) in [7, 11) is 0. The van der Waals surface area contributed by atoms with Crippen LogP contribution in [0.3, 0.4) is 0 Å². The van der Waals surface area contributed by atoms with Gasteiger partial charge in [-0.15, -0.1) is 0 Å². The third-order valence-corrected chi connectivity index (χ3v) is 3.19. The van der Waals surface area contributed by atoms with Crippen LogP contribution in [0.4, 0.5) is 0 Å². The zero-order valence-corrected chi connectivity index (χ0v) is 12.4. The van der Waals surface area contributed by atoms with E-state index >= 15 is 0 Å². The lowest BCUT2D eigenvalue weighted by atomic mass is 10.1. The fourth-order valence-corrected chi connectivity index (χ4v) is 1.81. The van der Waals surface area contributed by atoms with Crippen molar-refractivity contribution < 1.29 is 9.84 Å². The Bertz CT molecular complexity index is 337. The minimum absolute atomic E-state index is 0.242. The number of hydrogen-bond donors (Lipinski definition) is 2. The number of aliphatic hydroxyl groups excluding tert-OH is 1. The second kappa shape index (κ2) is 9.08. The molecule has 0 aliphatic carbocycles. The Morgan fingerprint density at radius 2 is 1.95 bits per heavy atom. The van der Waals surface area contributed by atoms with Crippen molar-refractivity contribution >= 4 is 0 Å². The lowest BCUT2D eigenvalue weighted by Gasteiger charge is -2.17. The maximum atomic E-state index is 9.80. The van der Waals surface area contributed by atoms with E-state index in [0.717, 1.165) is 19.4 Å². The van der Waals surface area contributed by atoms with Crippen molar-refractivity contribution in [1.82, 2.24) is 5.32 Å². The van der Waals surface area contributed by atoms with Gasteiger partial charge in [0.15, 0.2) is 0 Å². The predicted octanol–water partition coefficient (Wildman–Crippen LogP) is 2.82. The zero-order chi connectivity index (χ0) is 14.1. The summed E-state index contributed by atoms with van der Waals surface area (Å²) in [5, 5.41) is 13.1. The molecule has 0 bridgehead atoms. The molecule has 0 heterocycles. The van der Waals surface area contributed by atoms with E-state index in [1.54, 1.807) is 0 Å². The van der Waals surface area contributed by atoms with Crippen molar-refractivity contribution in [2.24, 2.45) is 0 Å². The zero-order valence-electron chi connectivity index (χ0n) is 12.4. The van der Waals surface area contributed by atoms with E-state index in [1.807, 2.05) is 0 Å². The molecule has 1 aromatic carbocycles. The standard InChI is InChI=1S/C16H27NO2/c1-4-5-10-19-12-16(18)11-17-14(3)15-8-6-13(2)7-9-15/h6-9,14,16-18H,4-5,10-12H2,1-3H3. The van der Waals surface area contributed by atoms with Gasteiger partial charge in [-0.25, -0.2) is 0 Å². The van der Waals surface area contributed by atoms with Crippen molar-refractivity contribution in [3.05, 3.63) is 35.4 Å². The maximum Gasteiger partial charge on any atom is 0.0897 e. The lowest BCUT2D eigenvalue weighted by molar-refractivity contribution is 0.0348. The summed E-state index contributed by atoms with van der Waals surface area (Å²) in [6.07, 6.45) is 1.74. The second-order valence-corrected chi connectivity index (χ2v) is 5.12. The van der Waals surface area contributed by atoms with Crippen LogP contribution >= 0.6 is 0 Å². The van der Waals surface area contributed by atoms with Crippen LogP contribution in [-0.2, 0) is 4.74 Å². The summed E-state index contributed by atoms with van der Waals surface area (Å²) >= 11 is 0. The highest BCUT2D eigenvalue weighted by atomic mass is 16.5. The van der Waals surface area contributed by atoms with Gasteiger partial charge in [-0.3, -0.25) is 0 Å². The number of hydrogen-bond acceptors (Lipinski definition) is 3. The Hall–Kier alpha value is -0.900. The van der Waals surface area contributed by atoms with Gasteiger partial charge in [0, 0.05) is 19.2 Å². The van der Waals surface area contributed by atoms with Crippen LogP contribution < -0.4 is 5.32 Å². The SMILES string of the molecule is CCCCOCC(O)CNC(C)c1ccc(C)cc1. The summed E-state index contributed by atoms with van der Waals surface area (Å²) in [5.74, 6) is 0. The Labute approximate surface area is 117 Å². The van der Waals surface area contributed by atoms with Crippen molar-refractivity contribution in [3.8, 4) is 0 Å². The molecule has 19 heavy (non-hydrogen) atoms. The minimum atomic E-state index is -0.440. The number of aliphatic hydroxyl groups is 1. The predicted molar refractivity (Wildman–Crippen MR) is 79.3 cm³/mol. The van der Waals surface area contributed by atoms with Crippen molar-refractivity contribution in [3.63, 3.8) is 0 Å². The summed E-state index contributed by atoms with van der Waals surface area (Å²) in [5.41, 5.74) is 2.50. The summed E-state index contributed by atoms with van der Waals surface area (Å²) in [4.78, 5) is 0. The molecule has 0 fully saturated rings. The van der Waals surface area contributed by atoms with Gasteiger partial charge in [0.1, 0.15) is 0 Å². The second-order valence-electron chi connectivity index (χ2n) is 5.12. The van der Waals surface area contributed by atoms with Gasteiger partial charge in [0.2, 0.25) is 0 Å². The Morgan fingerprint density at radius 3 is 2.58 bits per heavy atom. The third kappa shape index (κ3) is 6.71. The van der Waals surface area contributed by atoms with E-state index in [9.17, 15) is 5.11 Å². The average molecular weight is 265 g/mol.